The first-order chi connectivity index (χ1) is 9.55. The Balaban J connectivity index is 2.30. The Labute approximate surface area is 113 Å². The Morgan fingerprint density at radius 3 is 2.55 bits per heavy atom. The van der Waals surface area contributed by atoms with Crippen LogP contribution in [0.4, 0.5) is 0 Å². The Bertz CT molecular complexity index is 614. The van der Waals surface area contributed by atoms with E-state index in [1.165, 1.54) is 4.52 Å². The summed E-state index contributed by atoms with van der Waals surface area (Å²) in [6.07, 6.45) is 1.54. The van der Waals surface area contributed by atoms with Crippen molar-refractivity contribution in [1.29, 1.82) is 0 Å². The van der Waals surface area contributed by atoms with Gasteiger partial charge in [-0.05, 0) is 13.0 Å². The van der Waals surface area contributed by atoms with Gasteiger partial charge in [-0.3, -0.25) is 4.79 Å². The van der Waals surface area contributed by atoms with E-state index in [9.17, 15) is 4.79 Å². The van der Waals surface area contributed by atoms with Crippen LogP contribution in [0, 0.1) is 6.92 Å². The number of aliphatic hydroxyl groups is 3. The molecular weight excluding hydrogens is 266 g/mol. The van der Waals surface area contributed by atoms with Gasteiger partial charge < -0.3 is 20.6 Å². The lowest BCUT2D eigenvalue weighted by molar-refractivity contribution is 0.0371. The normalized spacial score (nSPS) is 11.8. The monoisotopic (exact) mass is 281 g/mol. The van der Waals surface area contributed by atoms with E-state index in [0.29, 0.717) is 0 Å². The van der Waals surface area contributed by atoms with Crippen LogP contribution in [-0.4, -0.2) is 66.2 Å². The molecule has 2 aromatic heterocycles. The highest BCUT2D eigenvalue weighted by molar-refractivity contribution is 5.91. The van der Waals surface area contributed by atoms with Gasteiger partial charge in [0.1, 0.15) is 5.54 Å². The van der Waals surface area contributed by atoms with Gasteiger partial charge in [0.15, 0.2) is 0 Å². The Morgan fingerprint density at radius 2 is 2.00 bits per heavy atom. The fourth-order valence-corrected chi connectivity index (χ4v) is 1.57. The number of aliphatic hydroxyl groups excluding tert-OH is 3. The number of carbonyl (C=O) groups excluding carboxylic acids is 1. The number of rotatable bonds is 5. The lowest BCUT2D eigenvalue weighted by Gasteiger charge is -2.27. The van der Waals surface area contributed by atoms with Gasteiger partial charge in [0, 0.05) is 11.9 Å². The van der Waals surface area contributed by atoms with Crippen LogP contribution in [0.3, 0.4) is 0 Å². The summed E-state index contributed by atoms with van der Waals surface area (Å²) in [6, 6.07) is 1.71. The number of carbonyl (C=O) groups is 1. The molecule has 4 N–H and O–H groups in total. The Morgan fingerprint density at radius 1 is 1.35 bits per heavy atom. The fourth-order valence-electron chi connectivity index (χ4n) is 1.57. The van der Waals surface area contributed by atoms with Crippen molar-refractivity contribution in [1.82, 2.24) is 24.9 Å². The maximum Gasteiger partial charge on any atom is 0.291 e. The molecular formula is C11H15N5O4. The molecule has 0 saturated heterocycles. The molecule has 0 fully saturated rings. The van der Waals surface area contributed by atoms with Crippen molar-refractivity contribution >= 4 is 11.7 Å². The first-order valence-electron chi connectivity index (χ1n) is 5.89. The molecule has 0 aliphatic heterocycles. The van der Waals surface area contributed by atoms with Crippen molar-refractivity contribution in [2.45, 2.75) is 12.5 Å². The van der Waals surface area contributed by atoms with Crippen LogP contribution < -0.4 is 5.32 Å². The summed E-state index contributed by atoms with van der Waals surface area (Å²) in [5.41, 5.74) is -0.767. The van der Waals surface area contributed by atoms with Crippen molar-refractivity contribution in [2.24, 2.45) is 0 Å². The van der Waals surface area contributed by atoms with Crippen molar-refractivity contribution in [2.75, 3.05) is 19.8 Å². The van der Waals surface area contributed by atoms with Gasteiger partial charge in [-0.1, -0.05) is 0 Å². The molecule has 0 saturated carbocycles. The molecule has 108 valence electrons. The average molecular weight is 281 g/mol. The smallest absolute Gasteiger partial charge is 0.291 e. The molecule has 0 aromatic carbocycles. The Hall–Kier alpha value is -2.10. The van der Waals surface area contributed by atoms with Crippen LogP contribution in [0.2, 0.25) is 0 Å². The number of hydrogen-bond acceptors (Lipinski definition) is 7. The molecule has 1 amide bonds. The summed E-state index contributed by atoms with van der Waals surface area (Å²) in [4.78, 5) is 19.9. The van der Waals surface area contributed by atoms with E-state index in [1.54, 1.807) is 19.2 Å². The summed E-state index contributed by atoms with van der Waals surface area (Å²) < 4.78 is 1.40. The highest BCUT2D eigenvalue weighted by Gasteiger charge is 2.31. The third kappa shape index (κ3) is 2.46. The van der Waals surface area contributed by atoms with E-state index in [-0.39, 0.29) is 11.6 Å². The fraction of sp³-hybridized carbons (Fsp3) is 0.455. The van der Waals surface area contributed by atoms with E-state index in [4.69, 9.17) is 15.3 Å². The standard InChI is InChI=1S/C11H15N5O4/c1-7-2-3-12-10-13-8(15-16(7)10)9(20)14-11(4-17,5-18)6-19/h2-3,17-19H,4-6H2,1H3,(H,14,20). The minimum atomic E-state index is -1.52. The second-order valence-corrected chi connectivity index (χ2v) is 4.44. The van der Waals surface area contributed by atoms with Crippen molar-refractivity contribution in [3.8, 4) is 0 Å². The molecule has 9 heteroatoms. The zero-order valence-electron chi connectivity index (χ0n) is 10.8. The van der Waals surface area contributed by atoms with Gasteiger partial charge in [-0.15, -0.1) is 5.10 Å². The third-order valence-electron chi connectivity index (χ3n) is 2.92. The van der Waals surface area contributed by atoms with Gasteiger partial charge in [-0.25, -0.2) is 9.50 Å². The molecule has 0 spiro atoms. The third-order valence-corrected chi connectivity index (χ3v) is 2.92. The molecule has 0 aliphatic carbocycles. The zero-order valence-corrected chi connectivity index (χ0v) is 10.8. The first kappa shape index (κ1) is 14.3. The van der Waals surface area contributed by atoms with Crippen LogP contribution in [0.15, 0.2) is 12.3 Å². The summed E-state index contributed by atoms with van der Waals surface area (Å²) in [6.45, 7) is -0.0618. The zero-order chi connectivity index (χ0) is 14.8. The highest BCUT2D eigenvalue weighted by Crippen LogP contribution is 2.06. The number of amides is 1. The number of nitrogens with one attached hydrogen (secondary N) is 1. The first-order valence-corrected chi connectivity index (χ1v) is 5.89. The molecule has 2 rings (SSSR count). The van der Waals surface area contributed by atoms with Crippen LogP contribution >= 0.6 is 0 Å². The number of aromatic nitrogens is 4. The molecule has 0 bridgehead atoms. The van der Waals surface area contributed by atoms with Crippen LogP contribution in [0.5, 0.6) is 0 Å². The molecule has 0 atom stereocenters. The molecule has 2 aromatic rings. The number of nitrogens with zero attached hydrogens (tertiary/aromatic N) is 4. The van der Waals surface area contributed by atoms with Crippen molar-refractivity contribution in [3.05, 3.63) is 23.8 Å². The second-order valence-electron chi connectivity index (χ2n) is 4.44. The van der Waals surface area contributed by atoms with Gasteiger partial charge in [-0.2, -0.15) is 4.98 Å². The number of fused-ring (bicyclic) bond motifs is 1. The van der Waals surface area contributed by atoms with Crippen molar-refractivity contribution < 1.29 is 20.1 Å². The molecule has 0 radical (unpaired) electrons. The molecule has 20 heavy (non-hydrogen) atoms. The average Bonchev–Trinajstić information content (AvgIpc) is 2.90. The minimum absolute atomic E-state index is 0.161. The number of hydrogen-bond donors (Lipinski definition) is 4. The quantitative estimate of drug-likeness (QED) is 0.492. The SMILES string of the molecule is Cc1ccnc2nc(C(=O)NC(CO)(CO)CO)nn12. The van der Waals surface area contributed by atoms with Crippen LogP contribution in [0.25, 0.3) is 5.78 Å². The predicted octanol–water partition coefficient (Wildman–Crippen LogP) is -2.12. The van der Waals surface area contributed by atoms with Crippen molar-refractivity contribution in [3.63, 3.8) is 0 Å². The van der Waals surface area contributed by atoms with Gasteiger partial charge in [0.05, 0.1) is 19.8 Å². The molecule has 2 heterocycles. The lowest BCUT2D eigenvalue weighted by atomic mass is 10.0. The summed E-state index contributed by atoms with van der Waals surface area (Å²) in [7, 11) is 0. The van der Waals surface area contributed by atoms with Crippen LogP contribution in [-0.2, 0) is 0 Å². The summed E-state index contributed by atoms with van der Waals surface area (Å²) in [5, 5.41) is 33.8. The van der Waals surface area contributed by atoms with E-state index in [1.807, 2.05) is 0 Å². The second kappa shape index (κ2) is 5.49. The van der Waals surface area contributed by atoms with E-state index < -0.39 is 31.3 Å². The predicted molar refractivity (Wildman–Crippen MR) is 67.0 cm³/mol. The van der Waals surface area contributed by atoms with Gasteiger partial charge in [0.25, 0.3) is 11.7 Å². The summed E-state index contributed by atoms with van der Waals surface area (Å²) in [5.74, 6) is -0.615. The van der Waals surface area contributed by atoms with E-state index >= 15 is 0 Å². The largest absolute Gasteiger partial charge is 0.394 e. The topological polar surface area (TPSA) is 133 Å². The molecule has 0 aliphatic rings. The minimum Gasteiger partial charge on any atom is -0.394 e. The van der Waals surface area contributed by atoms with Gasteiger partial charge in [0.2, 0.25) is 5.82 Å². The maximum absolute atomic E-state index is 12.0. The van der Waals surface area contributed by atoms with E-state index in [2.05, 4.69) is 20.4 Å². The highest BCUT2D eigenvalue weighted by atomic mass is 16.3. The van der Waals surface area contributed by atoms with E-state index in [0.717, 1.165) is 5.69 Å². The van der Waals surface area contributed by atoms with Gasteiger partial charge >= 0.3 is 0 Å². The lowest BCUT2D eigenvalue weighted by Crippen LogP contribution is -2.57. The summed E-state index contributed by atoms with van der Waals surface area (Å²) >= 11 is 0. The molecule has 9 nitrogen and oxygen atoms in total. The number of aryl methyl sites for hydroxylation is 1. The maximum atomic E-state index is 12.0. The Kier molecular flexibility index (Phi) is 3.93. The van der Waals surface area contributed by atoms with Crippen LogP contribution in [0.1, 0.15) is 16.3 Å². The molecule has 0 unspecified atom stereocenters.